The molecule has 0 radical (unpaired) electrons. The Hall–Kier alpha value is -0.740. The highest BCUT2D eigenvalue weighted by molar-refractivity contribution is 7.99. The normalized spacial score (nSPS) is 13.2. The van der Waals surface area contributed by atoms with Crippen molar-refractivity contribution in [2.45, 2.75) is 25.6 Å². The lowest BCUT2D eigenvalue weighted by atomic mass is 10.2. The summed E-state index contributed by atoms with van der Waals surface area (Å²) < 4.78 is 3.01. The van der Waals surface area contributed by atoms with Crippen LogP contribution in [0.5, 0.6) is 0 Å². The molecule has 0 aliphatic carbocycles. The highest BCUT2D eigenvalue weighted by Gasteiger charge is 2.07. The van der Waals surface area contributed by atoms with Crippen molar-refractivity contribution in [3.05, 3.63) is 28.5 Å². The highest BCUT2D eigenvalue weighted by atomic mass is 32.2. The highest BCUT2D eigenvalue weighted by Crippen LogP contribution is 2.18. The van der Waals surface area contributed by atoms with Crippen molar-refractivity contribution in [2.75, 3.05) is 6.26 Å². The van der Waals surface area contributed by atoms with Crippen LogP contribution in [-0.4, -0.2) is 21.1 Å². The Balaban J connectivity index is 2.52. The van der Waals surface area contributed by atoms with Gasteiger partial charge in [-0.25, -0.2) is 0 Å². The number of benzene rings is 1. The van der Waals surface area contributed by atoms with E-state index < -0.39 is 0 Å². The van der Waals surface area contributed by atoms with Gasteiger partial charge in [-0.1, -0.05) is 13.0 Å². The maximum atomic E-state index is 5.36. The minimum atomic E-state index is 0.576. The molecule has 2 aromatic rings. The maximum Gasteiger partial charge on any atom is 0.178 e. The van der Waals surface area contributed by atoms with Crippen LogP contribution in [-0.2, 0) is 6.54 Å². The van der Waals surface area contributed by atoms with Gasteiger partial charge < -0.3 is 9.55 Å². The van der Waals surface area contributed by atoms with Crippen molar-refractivity contribution in [1.29, 1.82) is 0 Å². The standard InChI is InChI=1S/C12H16N2S2/c1-8-4-5-11-10(6-8)13-12(15)14(11)7-9(2)16-3/h4-6,9H,7H2,1-3H3,(H,13,15). The number of aromatic nitrogens is 2. The van der Waals surface area contributed by atoms with Crippen LogP contribution in [0.4, 0.5) is 0 Å². The van der Waals surface area contributed by atoms with Crippen molar-refractivity contribution in [3.63, 3.8) is 0 Å². The van der Waals surface area contributed by atoms with Crippen molar-refractivity contribution in [1.82, 2.24) is 9.55 Å². The van der Waals surface area contributed by atoms with Crippen LogP contribution < -0.4 is 0 Å². The molecule has 4 heteroatoms. The van der Waals surface area contributed by atoms with Gasteiger partial charge in [0.15, 0.2) is 4.77 Å². The van der Waals surface area contributed by atoms with Crippen LogP contribution in [0.2, 0.25) is 0 Å². The van der Waals surface area contributed by atoms with Crippen molar-refractivity contribution in [3.8, 4) is 0 Å². The smallest absolute Gasteiger partial charge is 0.178 e. The van der Waals surface area contributed by atoms with E-state index in [4.69, 9.17) is 12.2 Å². The molecule has 0 aliphatic heterocycles. The summed E-state index contributed by atoms with van der Waals surface area (Å²) in [5.41, 5.74) is 3.60. The molecule has 0 spiro atoms. The minimum absolute atomic E-state index is 0.576. The number of nitrogens with one attached hydrogen (secondary N) is 1. The van der Waals surface area contributed by atoms with Gasteiger partial charge in [0, 0.05) is 11.8 Å². The number of hydrogen-bond donors (Lipinski definition) is 1. The Morgan fingerprint density at radius 2 is 2.25 bits per heavy atom. The minimum Gasteiger partial charge on any atom is -0.331 e. The first-order chi connectivity index (χ1) is 7.61. The Morgan fingerprint density at radius 1 is 1.50 bits per heavy atom. The van der Waals surface area contributed by atoms with E-state index in [1.165, 1.54) is 11.1 Å². The Bertz CT molecular complexity index is 554. The first-order valence-corrected chi connectivity index (χ1v) is 7.03. The van der Waals surface area contributed by atoms with Gasteiger partial charge in [-0.15, -0.1) is 0 Å². The largest absolute Gasteiger partial charge is 0.331 e. The van der Waals surface area contributed by atoms with Gasteiger partial charge in [0.2, 0.25) is 0 Å². The topological polar surface area (TPSA) is 20.7 Å². The average molecular weight is 252 g/mol. The van der Waals surface area contributed by atoms with Crippen LogP contribution in [0.25, 0.3) is 11.0 Å². The number of fused-ring (bicyclic) bond motifs is 1. The molecule has 0 aliphatic rings. The van der Waals surface area contributed by atoms with Gasteiger partial charge in [-0.05, 0) is 43.1 Å². The van der Waals surface area contributed by atoms with E-state index in [1.54, 1.807) is 0 Å². The summed E-state index contributed by atoms with van der Waals surface area (Å²) in [6.07, 6.45) is 2.13. The third kappa shape index (κ3) is 2.18. The number of H-pyrrole nitrogens is 1. The van der Waals surface area contributed by atoms with E-state index in [2.05, 4.69) is 47.9 Å². The number of nitrogens with zero attached hydrogens (tertiary/aromatic N) is 1. The summed E-state index contributed by atoms with van der Waals surface area (Å²) in [6.45, 7) is 5.28. The number of thioether (sulfide) groups is 1. The first kappa shape index (κ1) is 11.7. The summed E-state index contributed by atoms with van der Waals surface area (Å²) >= 11 is 7.22. The zero-order valence-electron chi connectivity index (χ0n) is 9.78. The monoisotopic (exact) mass is 252 g/mol. The number of aryl methyl sites for hydroxylation is 1. The number of hydrogen-bond acceptors (Lipinski definition) is 2. The lowest BCUT2D eigenvalue weighted by Crippen LogP contribution is -2.08. The molecule has 1 unspecified atom stereocenters. The fourth-order valence-corrected chi connectivity index (χ4v) is 2.37. The van der Waals surface area contributed by atoms with Gasteiger partial charge in [0.1, 0.15) is 0 Å². The third-order valence-corrected chi connectivity index (χ3v) is 4.05. The van der Waals surface area contributed by atoms with E-state index in [1.807, 2.05) is 11.8 Å². The summed E-state index contributed by atoms with van der Waals surface area (Å²) in [4.78, 5) is 3.27. The second-order valence-electron chi connectivity index (χ2n) is 4.11. The number of aromatic amines is 1. The van der Waals surface area contributed by atoms with E-state index in [0.717, 1.165) is 16.8 Å². The molecular formula is C12H16N2S2. The fourth-order valence-electron chi connectivity index (χ4n) is 1.79. The molecule has 0 saturated heterocycles. The van der Waals surface area contributed by atoms with E-state index in [0.29, 0.717) is 5.25 Å². The molecule has 86 valence electrons. The molecule has 0 bridgehead atoms. The van der Waals surface area contributed by atoms with Crippen LogP contribution in [0.15, 0.2) is 18.2 Å². The van der Waals surface area contributed by atoms with E-state index >= 15 is 0 Å². The van der Waals surface area contributed by atoms with Gasteiger partial charge in [0.05, 0.1) is 11.0 Å². The predicted molar refractivity (Wildman–Crippen MR) is 74.8 cm³/mol. The van der Waals surface area contributed by atoms with Crippen LogP contribution in [0, 0.1) is 11.7 Å². The molecule has 2 nitrogen and oxygen atoms in total. The third-order valence-electron chi connectivity index (χ3n) is 2.77. The second-order valence-corrected chi connectivity index (χ2v) is 5.77. The van der Waals surface area contributed by atoms with Crippen LogP contribution in [0.3, 0.4) is 0 Å². The molecule has 0 fully saturated rings. The zero-order chi connectivity index (χ0) is 11.7. The SMILES string of the molecule is CSC(C)Cn1c(=S)[nH]c2cc(C)ccc21. The van der Waals surface area contributed by atoms with Crippen molar-refractivity contribution >= 4 is 35.0 Å². The Labute approximate surface area is 105 Å². The quantitative estimate of drug-likeness (QED) is 0.840. The Kier molecular flexibility index (Phi) is 3.40. The molecule has 1 aromatic carbocycles. The van der Waals surface area contributed by atoms with E-state index in [9.17, 15) is 0 Å². The van der Waals surface area contributed by atoms with Crippen LogP contribution in [0.1, 0.15) is 12.5 Å². The fraction of sp³-hybridized carbons (Fsp3) is 0.417. The second kappa shape index (κ2) is 4.63. The van der Waals surface area contributed by atoms with Crippen molar-refractivity contribution in [2.24, 2.45) is 0 Å². The molecular weight excluding hydrogens is 236 g/mol. The lowest BCUT2D eigenvalue weighted by Gasteiger charge is -2.09. The predicted octanol–water partition coefficient (Wildman–Crippen LogP) is 3.76. The first-order valence-electron chi connectivity index (χ1n) is 5.34. The van der Waals surface area contributed by atoms with Gasteiger partial charge in [-0.2, -0.15) is 11.8 Å². The number of imidazole rings is 1. The van der Waals surface area contributed by atoms with Gasteiger partial charge >= 0.3 is 0 Å². The van der Waals surface area contributed by atoms with Gasteiger partial charge in [-0.3, -0.25) is 0 Å². The average Bonchev–Trinajstić information content (AvgIpc) is 2.54. The summed E-state index contributed by atoms with van der Waals surface area (Å²) in [5, 5.41) is 0.576. The summed E-state index contributed by atoms with van der Waals surface area (Å²) in [6, 6.07) is 6.42. The van der Waals surface area contributed by atoms with Crippen molar-refractivity contribution < 1.29 is 0 Å². The Morgan fingerprint density at radius 3 is 2.94 bits per heavy atom. The maximum absolute atomic E-state index is 5.36. The lowest BCUT2D eigenvalue weighted by molar-refractivity contribution is 0.702. The molecule has 1 atom stereocenters. The molecule has 0 amide bonds. The zero-order valence-corrected chi connectivity index (χ0v) is 11.4. The van der Waals surface area contributed by atoms with Crippen LogP contribution >= 0.6 is 24.0 Å². The summed E-state index contributed by atoms with van der Waals surface area (Å²) in [5.74, 6) is 0. The number of rotatable bonds is 3. The molecule has 1 aromatic heterocycles. The molecule has 1 heterocycles. The molecule has 2 rings (SSSR count). The van der Waals surface area contributed by atoms with Gasteiger partial charge in [0.25, 0.3) is 0 Å². The molecule has 1 N–H and O–H groups in total. The molecule has 16 heavy (non-hydrogen) atoms. The molecule has 0 saturated carbocycles. The summed E-state index contributed by atoms with van der Waals surface area (Å²) in [7, 11) is 0. The van der Waals surface area contributed by atoms with E-state index in [-0.39, 0.29) is 0 Å².